The predicted octanol–water partition coefficient (Wildman–Crippen LogP) is 1.42. The Morgan fingerprint density at radius 3 is 2.96 bits per heavy atom. The summed E-state index contributed by atoms with van der Waals surface area (Å²) in [5.41, 5.74) is 2.60. The van der Waals surface area contributed by atoms with Crippen LogP contribution in [0.2, 0.25) is 0 Å². The zero-order valence-electron chi connectivity index (χ0n) is 15.0. The molecule has 3 rings (SSSR count). The fourth-order valence-electron chi connectivity index (χ4n) is 3.02. The molecule has 1 unspecified atom stereocenters. The number of guanidine groups is 1. The van der Waals surface area contributed by atoms with Crippen LogP contribution in [0.1, 0.15) is 43.4 Å². The molecule has 1 atom stereocenters. The predicted molar refractivity (Wildman–Crippen MR) is 95.0 cm³/mol. The molecule has 2 aromatic heterocycles. The van der Waals surface area contributed by atoms with E-state index in [4.69, 9.17) is 5.10 Å². The van der Waals surface area contributed by atoms with E-state index in [-0.39, 0.29) is 0 Å². The van der Waals surface area contributed by atoms with Crippen molar-refractivity contribution in [3.63, 3.8) is 0 Å². The van der Waals surface area contributed by atoms with Crippen molar-refractivity contribution < 1.29 is 0 Å². The van der Waals surface area contributed by atoms with Gasteiger partial charge in [-0.2, -0.15) is 5.10 Å². The Morgan fingerprint density at radius 1 is 1.46 bits per heavy atom. The number of nitrogens with zero attached hydrogens (tertiary/aromatic N) is 5. The highest BCUT2D eigenvalue weighted by Gasteiger charge is 2.23. The first-order chi connectivity index (χ1) is 11.6. The molecule has 0 fully saturated rings. The van der Waals surface area contributed by atoms with Crippen LogP contribution in [-0.4, -0.2) is 38.4 Å². The second kappa shape index (κ2) is 7.07. The monoisotopic (exact) mass is 329 g/mol. The Kier molecular flexibility index (Phi) is 4.87. The molecule has 0 saturated carbocycles. The van der Waals surface area contributed by atoms with E-state index in [2.05, 4.69) is 45.3 Å². The largest absolute Gasteiger partial charge is 0.353 e. The summed E-state index contributed by atoms with van der Waals surface area (Å²) >= 11 is 0. The molecule has 2 aromatic rings. The van der Waals surface area contributed by atoms with Gasteiger partial charge >= 0.3 is 0 Å². The second-order valence-corrected chi connectivity index (χ2v) is 6.64. The Labute approximate surface area is 143 Å². The molecule has 7 nitrogen and oxygen atoms in total. The molecule has 1 aliphatic carbocycles. The molecule has 2 N–H and O–H groups in total. The lowest BCUT2D eigenvalue weighted by Gasteiger charge is -2.24. The SMILES string of the molecule is CN=C(NCc1nccn1C)NC1CCc2cn(C(C)C)nc2C1. The number of rotatable bonds is 4. The number of nitrogens with one attached hydrogen (secondary N) is 2. The van der Waals surface area contributed by atoms with Gasteiger partial charge in [-0.1, -0.05) is 0 Å². The molecular formula is C17H27N7. The summed E-state index contributed by atoms with van der Waals surface area (Å²) in [5, 5.41) is 11.6. The summed E-state index contributed by atoms with van der Waals surface area (Å²) in [6.07, 6.45) is 9.06. The number of fused-ring (bicyclic) bond motifs is 1. The fraction of sp³-hybridized carbons (Fsp3) is 0.588. The smallest absolute Gasteiger partial charge is 0.191 e. The summed E-state index contributed by atoms with van der Waals surface area (Å²) in [7, 11) is 3.80. The maximum Gasteiger partial charge on any atom is 0.191 e. The number of imidazole rings is 1. The van der Waals surface area contributed by atoms with Crippen LogP contribution in [0.5, 0.6) is 0 Å². The Hall–Kier alpha value is -2.31. The molecular weight excluding hydrogens is 302 g/mol. The number of aromatic nitrogens is 4. The molecule has 1 aliphatic rings. The van der Waals surface area contributed by atoms with Gasteiger partial charge in [0.15, 0.2) is 5.96 Å². The van der Waals surface area contributed by atoms with Crippen molar-refractivity contribution in [2.45, 2.75) is 51.7 Å². The molecule has 0 radical (unpaired) electrons. The summed E-state index contributed by atoms with van der Waals surface area (Å²) < 4.78 is 4.08. The van der Waals surface area contributed by atoms with Gasteiger partial charge in [0, 0.05) is 51.2 Å². The summed E-state index contributed by atoms with van der Waals surface area (Å²) in [5.74, 6) is 1.80. The van der Waals surface area contributed by atoms with Crippen molar-refractivity contribution in [2.24, 2.45) is 12.0 Å². The van der Waals surface area contributed by atoms with Crippen LogP contribution in [0.25, 0.3) is 0 Å². The van der Waals surface area contributed by atoms with E-state index in [1.165, 1.54) is 11.3 Å². The van der Waals surface area contributed by atoms with Crippen LogP contribution < -0.4 is 10.6 Å². The molecule has 0 aliphatic heterocycles. The van der Waals surface area contributed by atoms with E-state index in [1.54, 1.807) is 13.2 Å². The van der Waals surface area contributed by atoms with E-state index >= 15 is 0 Å². The lowest BCUT2D eigenvalue weighted by Crippen LogP contribution is -2.45. The van der Waals surface area contributed by atoms with Gasteiger partial charge in [-0.25, -0.2) is 4.98 Å². The van der Waals surface area contributed by atoms with Crippen molar-refractivity contribution in [3.8, 4) is 0 Å². The first-order valence-electron chi connectivity index (χ1n) is 8.57. The van der Waals surface area contributed by atoms with E-state index in [9.17, 15) is 0 Å². The van der Waals surface area contributed by atoms with Gasteiger partial charge in [0.25, 0.3) is 0 Å². The van der Waals surface area contributed by atoms with Gasteiger partial charge in [0.1, 0.15) is 5.82 Å². The normalized spacial score (nSPS) is 17.9. The summed E-state index contributed by atoms with van der Waals surface area (Å²) in [4.78, 5) is 8.66. The van der Waals surface area contributed by atoms with Gasteiger partial charge in [0.05, 0.1) is 12.2 Å². The van der Waals surface area contributed by atoms with Crippen molar-refractivity contribution in [2.75, 3.05) is 7.05 Å². The number of hydrogen-bond acceptors (Lipinski definition) is 3. The third-order valence-corrected chi connectivity index (χ3v) is 4.53. The Balaban J connectivity index is 1.57. The van der Waals surface area contributed by atoms with Crippen LogP contribution in [-0.2, 0) is 26.4 Å². The highest BCUT2D eigenvalue weighted by molar-refractivity contribution is 5.79. The van der Waals surface area contributed by atoms with Gasteiger partial charge in [-0.3, -0.25) is 9.67 Å². The van der Waals surface area contributed by atoms with E-state index in [0.29, 0.717) is 18.6 Å². The Morgan fingerprint density at radius 2 is 2.29 bits per heavy atom. The third kappa shape index (κ3) is 3.60. The minimum absolute atomic E-state index is 0.362. The molecule has 24 heavy (non-hydrogen) atoms. The van der Waals surface area contributed by atoms with Crippen LogP contribution in [0.15, 0.2) is 23.6 Å². The second-order valence-electron chi connectivity index (χ2n) is 6.64. The van der Waals surface area contributed by atoms with Crippen LogP contribution in [0.3, 0.4) is 0 Å². The minimum Gasteiger partial charge on any atom is -0.353 e. The lowest BCUT2D eigenvalue weighted by molar-refractivity contribution is 0.499. The zero-order chi connectivity index (χ0) is 17.1. The van der Waals surface area contributed by atoms with Gasteiger partial charge < -0.3 is 15.2 Å². The van der Waals surface area contributed by atoms with Crippen molar-refractivity contribution in [1.29, 1.82) is 0 Å². The highest BCUT2D eigenvalue weighted by atomic mass is 15.3. The average Bonchev–Trinajstić information content (AvgIpc) is 3.17. The lowest BCUT2D eigenvalue weighted by atomic mass is 9.94. The average molecular weight is 329 g/mol. The van der Waals surface area contributed by atoms with E-state index < -0.39 is 0 Å². The molecule has 7 heteroatoms. The minimum atomic E-state index is 0.362. The summed E-state index contributed by atoms with van der Waals surface area (Å²) in [6.45, 7) is 4.98. The van der Waals surface area contributed by atoms with Crippen LogP contribution in [0.4, 0.5) is 0 Å². The van der Waals surface area contributed by atoms with Crippen LogP contribution >= 0.6 is 0 Å². The Bertz CT molecular complexity index is 710. The molecule has 0 bridgehead atoms. The molecule has 130 valence electrons. The molecule has 0 amide bonds. The topological polar surface area (TPSA) is 72.1 Å². The first-order valence-corrected chi connectivity index (χ1v) is 8.57. The fourth-order valence-corrected chi connectivity index (χ4v) is 3.02. The maximum absolute atomic E-state index is 4.73. The first kappa shape index (κ1) is 16.5. The van der Waals surface area contributed by atoms with Gasteiger partial charge in [-0.15, -0.1) is 0 Å². The molecule has 0 saturated heterocycles. The maximum atomic E-state index is 4.73. The summed E-state index contributed by atoms with van der Waals surface area (Å²) in [6, 6.07) is 0.773. The van der Waals surface area contributed by atoms with E-state index in [1.807, 2.05) is 17.8 Å². The van der Waals surface area contributed by atoms with Crippen molar-refractivity contribution >= 4 is 5.96 Å². The molecule has 0 aromatic carbocycles. The van der Waals surface area contributed by atoms with Crippen LogP contribution in [0, 0.1) is 0 Å². The number of aliphatic imine (C=N–C) groups is 1. The third-order valence-electron chi connectivity index (χ3n) is 4.53. The van der Waals surface area contributed by atoms with E-state index in [0.717, 1.165) is 31.0 Å². The van der Waals surface area contributed by atoms with Gasteiger partial charge in [-0.05, 0) is 32.3 Å². The molecule has 2 heterocycles. The zero-order valence-corrected chi connectivity index (χ0v) is 15.0. The molecule has 0 spiro atoms. The highest BCUT2D eigenvalue weighted by Crippen LogP contribution is 2.21. The number of hydrogen-bond donors (Lipinski definition) is 2. The van der Waals surface area contributed by atoms with Gasteiger partial charge in [0.2, 0.25) is 0 Å². The van der Waals surface area contributed by atoms with Crippen molar-refractivity contribution in [3.05, 3.63) is 35.7 Å². The standard InChI is InChI=1S/C17H27N7/c1-12(2)24-11-13-5-6-14(9-15(13)22-24)21-17(18-3)20-10-16-19-7-8-23(16)4/h7-8,11-12,14H,5-6,9-10H2,1-4H3,(H2,18,20,21). The van der Waals surface area contributed by atoms with Crippen molar-refractivity contribution in [1.82, 2.24) is 30.0 Å². The quantitative estimate of drug-likeness (QED) is 0.657. The number of aryl methyl sites for hydroxylation is 2.